The van der Waals surface area contributed by atoms with E-state index in [1.165, 1.54) is 0 Å². The molecule has 0 amide bonds. The van der Waals surface area contributed by atoms with Crippen molar-refractivity contribution in [1.82, 2.24) is 9.78 Å². The highest BCUT2D eigenvalue weighted by Crippen LogP contribution is 2.44. The maximum absolute atomic E-state index is 10.7. The zero-order valence-electron chi connectivity index (χ0n) is 13.6. The average molecular weight is 321 g/mol. The van der Waals surface area contributed by atoms with Gasteiger partial charge in [0.1, 0.15) is 5.82 Å². The highest BCUT2D eigenvalue weighted by atomic mass is 16.3. The molecule has 2 aromatic carbocycles. The monoisotopic (exact) mass is 321 g/mol. The summed E-state index contributed by atoms with van der Waals surface area (Å²) in [5, 5.41) is 26.0. The second kappa shape index (κ2) is 5.47. The molecule has 0 saturated heterocycles. The van der Waals surface area contributed by atoms with Crippen molar-refractivity contribution < 1.29 is 10.2 Å². The van der Waals surface area contributed by atoms with Crippen LogP contribution in [0.4, 0.5) is 5.82 Å². The number of aliphatic hydroxyl groups is 2. The predicted molar refractivity (Wildman–Crippen MR) is 92.2 cm³/mol. The second-order valence-corrected chi connectivity index (χ2v) is 6.07. The van der Waals surface area contributed by atoms with Crippen LogP contribution in [0.2, 0.25) is 0 Å². The first-order valence-electron chi connectivity index (χ1n) is 7.92. The molecule has 0 fully saturated rings. The molecule has 24 heavy (non-hydrogen) atoms. The quantitative estimate of drug-likeness (QED) is 0.762. The van der Waals surface area contributed by atoms with Gasteiger partial charge in [0.15, 0.2) is 12.5 Å². The summed E-state index contributed by atoms with van der Waals surface area (Å²) in [7, 11) is 1.83. The highest BCUT2D eigenvalue weighted by molar-refractivity contribution is 5.70. The van der Waals surface area contributed by atoms with Crippen molar-refractivity contribution in [3.63, 3.8) is 0 Å². The Morgan fingerprint density at radius 3 is 2.00 bits per heavy atom. The van der Waals surface area contributed by atoms with E-state index in [0.29, 0.717) is 5.82 Å². The van der Waals surface area contributed by atoms with Crippen LogP contribution >= 0.6 is 0 Å². The number of benzene rings is 2. The van der Waals surface area contributed by atoms with Gasteiger partial charge in [-0.25, -0.2) is 0 Å². The SMILES string of the molecule is Cc1c(-c2ccccc2)nn(C)c1N1C(O)c2ccccc2C1O. The molecule has 1 aliphatic rings. The minimum atomic E-state index is -0.895. The third-order valence-corrected chi connectivity index (χ3v) is 4.62. The summed E-state index contributed by atoms with van der Waals surface area (Å²) in [5.41, 5.74) is 4.24. The number of hydrogen-bond acceptors (Lipinski definition) is 4. The fraction of sp³-hybridized carbons (Fsp3) is 0.211. The van der Waals surface area contributed by atoms with Gasteiger partial charge in [0.25, 0.3) is 0 Å². The average Bonchev–Trinajstić information content (AvgIpc) is 3.03. The van der Waals surface area contributed by atoms with Gasteiger partial charge < -0.3 is 10.2 Å². The molecular weight excluding hydrogens is 302 g/mol. The Bertz CT molecular complexity index is 860. The number of hydrogen-bond donors (Lipinski definition) is 2. The normalized spacial score (nSPS) is 19.6. The molecular formula is C19H19N3O2. The van der Waals surface area contributed by atoms with Crippen molar-refractivity contribution in [2.75, 3.05) is 4.90 Å². The van der Waals surface area contributed by atoms with E-state index < -0.39 is 12.5 Å². The molecule has 4 rings (SSSR count). The molecule has 0 spiro atoms. The van der Waals surface area contributed by atoms with E-state index in [4.69, 9.17) is 0 Å². The summed E-state index contributed by atoms with van der Waals surface area (Å²) in [6.45, 7) is 1.97. The molecule has 0 saturated carbocycles. The molecule has 0 radical (unpaired) electrons. The summed E-state index contributed by atoms with van der Waals surface area (Å²) in [6, 6.07) is 17.3. The lowest BCUT2D eigenvalue weighted by Crippen LogP contribution is -2.28. The molecule has 2 heterocycles. The van der Waals surface area contributed by atoms with Crippen LogP contribution in [0.25, 0.3) is 11.3 Å². The standard InChI is InChI=1S/C19H19N3O2/c1-12-16(13-8-4-3-5-9-13)20-21(2)17(12)22-18(23)14-10-6-7-11-15(14)19(22)24/h3-11,18-19,23-24H,1-2H3. The summed E-state index contributed by atoms with van der Waals surface area (Å²) in [4.78, 5) is 1.61. The molecule has 5 heteroatoms. The summed E-state index contributed by atoms with van der Waals surface area (Å²) >= 11 is 0. The molecule has 0 aliphatic carbocycles. The molecule has 122 valence electrons. The Kier molecular flexibility index (Phi) is 3.40. The van der Waals surface area contributed by atoms with Gasteiger partial charge >= 0.3 is 0 Å². The van der Waals surface area contributed by atoms with E-state index in [2.05, 4.69) is 5.10 Å². The Hall–Kier alpha value is -2.63. The van der Waals surface area contributed by atoms with Crippen molar-refractivity contribution in [1.29, 1.82) is 0 Å². The third kappa shape index (κ3) is 2.06. The van der Waals surface area contributed by atoms with Gasteiger partial charge in [-0.3, -0.25) is 9.58 Å². The molecule has 3 aromatic rings. The van der Waals surface area contributed by atoms with E-state index in [9.17, 15) is 10.2 Å². The topological polar surface area (TPSA) is 61.5 Å². The van der Waals surface area contributed by atoms with Crippen LogP contribution < -0.4 is 4.90 Å². The fourth-order valence-electron chi connectivity index (χ4n) is 3.50. The molecule has 2 N–H and O–H groups in total. The van der Waals surface area contributed by atoms with Crippen LogP contribution in [-0.4, -0.2) is 20.0 Å². The number of aryl methyl sites for hydroxylation is 1. The number of nitrogens with zero attached hydrogens (tertiary/aromatic N) is 3. The highest BCUT2D eigenvalue weighted by Gasteiger charge is 2.39. The summed E-state index contributed by atoms with van der Waals surface area (Å²) in [6.07, 6.45) is -1.79. The predicted octanol–water partition coefficient (Wildman–Crippen LogP) is 2.90. The zero-order valence-corrected chi connectivity index (χ0v) is 13.6. The molecule has 5 nitrogen and oxygen atoms in total. The van der Waals surface area contributed by atoms with Gasteiger partial charge in [0, 0.05) is 29.3 Å². The Balaban J connectivity index is 1.83. The number of fused-ring (bicyclic) bond motifs is 1. The van der Waals surface area contributed by atoms with Crippen LogP contribution in [0.1, 0.15) is 29.1 Å². The van der Waals surface area contributed by atoms with E-state index >= 15 is 0 Å². The van der Waals surface area contributed by atoms with E-state index in [-0.39, 0.29) is 0 Å². The van der Waals surface area contributed by atoms with Crippen molar-refractivity contribution >= 4 is 5.82 Å². The largest absolute Gasteiger partial charge is 0.369 e. The lowest BCUT2D eigenvalue weighted by Gasteiger charge is -2.27. The van der Waals surface area contributed by atoms with Gasteiger partial charge in [0.05, 0.1) is 5.69 Å². The Morgan fingerprint density at radius 1 is 0.875 bits per heavy atom. The first-order chi connectivity index (χ1) is 11.6. The van der Waals surface area contributed by atoms with E-state index in [1.807, 2.05) is 68.6 Å². The van der Waals surface area contributed by atoms with Gasteiger partial charge in [0.2, 0.25) is 0 Å². The minimum absolute atomic E-state index is 0.713. The smallest absolute Gasteiger partial charge is 0.157 e. The lowest BCUT2D eigenvalue weighted by atomic mass is 10.1. The van der Waals surface area contributed by atoms with Gasteiger partial charge in [-0.2, -0.15) is 5.10 Å². The maximum Gasteiger partial charge on any atom is 0.157 e. The van der Waals surface area contributed by atoms with Crippen LogP contribution in [0.3, 0.4) is 0 Å². The van der Waals surface area contributed by atoms with Crippen LogP contribution in [0, 0.1) is 6.92 Å². The zero-order chi connectivity index (χ0) is 16.8. The Labute approximate surface area is 140 Å². The number of rotatable bonds is 2. The third-order valence-electron chi connectivity index (χ3n) is 4.62. The molecule has 1 aliphatic heterocycles. The summed E-state index contributed by atoms with van der Waals surface area (Å²) in [5.74, 6) is 0.713. The van der Waals surface area contributed by atoms with Gasteiger partial charge in [-0.15, -0.1) is 0 Å². The molecule has 0 bridgehead atoms. The Morgan fingerprint density at radius 2 is 1.42 bits per heavy atom. The lowest BCUT2D eigenvalue weighted by molar-refractivity contribution is 0.107. The minimum Gasteiger partial charge on any atom is -0.369 e. The molecule has 1 aromatic heterocycles. The van der Waals surface area contributed by atoms with Gasteiger partial charge in [-0.1, -0.05) is 54.6 Å². The van der Waals surface area contributed by atoms with E-state index in [1.54, 1.807) is 9.58 Å². The first-order valence-corrected chi connectivity index (χ1v) is 7.92. The van der Waals surface area contributed by atoms with Crippen molar-refractivity contribution in [2.24, 2.45) is 7.05 Å². The fourth-order valence-corrected chi connectivity index (χ4v) is 3.50. The van der Waals surface area contributed by atoms with Crippen LogP contribution in [0.5, 0.6) is 0 Å². The van der Waals surface area contributed by atoms with Crippen molar-refractivity contribution in [2.45, 2.75) is 19.4 Å². The maximum atomic E-state index is 10.7. The second-order valence-electron chi connectivity index (χ2n) is 6.07. The summed E-state index contributed by atoms with van der Waals surface area (Å²) < 4.78 is 1.72. The molecule has 2 atom stereocenters. The van der Waals surface area contributed by atoms with Crippen LogP contribution in [-0.2, 0) is 7.05 Å². The number of aliphatic hydroxyl groups excluding tert-OH is 2. The van der Waals surface area contributed by atoms with Crippen molar-refractivity contribution in [3.05, 3.63) is 71.3 Å². The van der Waals surface area contributed by atoms with Gasteiger partial charge in [-0.05, 0) is 6.92 Å². The molecule has 2 unspecified atom stereocenters. The van der Waals surface area contributed by atoms with Crippen molar-refractivity contribution in [3.8, 4) is 11.3 Å². The first kappa shape index (κ1) is 14.9. The number of anilines is 1. The van der Waals surface area contributed by atoms with Crippen LogP contribution in [0.15, 0.2) is 54.6 Å². The number of aromatic nitrogens is 2. The van der Waals surface area contributed by atoms with E-state index in [0.717, 1.165) is 27.9 Å².